The molecule has 21 heavy (non-hydrogen) atoms. The average molecular weight is 307 g/mol. The molecule has 2 aromatic rings. The summed E-state index contributed by atoms with van der Waals surface area (Å²) < 4.78 is 32.2. The molecule has 0 aliphatic carbocycles. The van der Waals surface area contributed by atoms with Crippen LogP contribution in [0.1, 0.15) is 11.1 Å². The van der Waals surface area contributed by atoms with Gasteiger partial charge in [0.05, 0.1) is 18.6 Å². The molecule has 2 N–H and O–H groups in total. The van der Waals surface area contributed by atoms with Crippen LogP contribution in [0.25, 0.3) is 0 Å². The van der Waals surface area contributed by atoms with Gasteiger partial charge < -0.3 is 9.84 Å². The molecule has 2 aromatic carbocycles. The topological polar surface area (TPSA) is 75.6 Å². The Kier molecular flexibility index (Phi) is 4.95. The van der Waals surface area contributed by atoms with Crippen molar-refractivity contribution in [1.82, 2.24) is 4.72 Å². The number of sulfonamides is 1. The summed E-state index contributed by atoms with van der Waals surface area (Å²) in [4.78, 5) is 0.129. The zero-order valence-electron chi connectivity index (χ0n) is 11.6. The van der Waals surface area contributed by atoms with Gasteiger partial charge in [0.1, 0.15) is 5.75 Å². The van der Waals surface area contributed by atoms with E-state index in [9.17, 15) is 8.42 Å². The Hall–Kier alpha value is -1.89. The maximum Gasteiger partial charge on any atom is 0.240 e. The first-order valence-corrected chi connectivity index (χ1v) is 7.86. The van der Waals surface area contributed by atoms with Gasteiger partial charge in [-0.1, -0.05) is 30.3 Å². The Morgan fingerprint density at radius 2 is 1.90 bits per heavy atom. The maximum absolute atomic E-state index is 12.2. The van der Waals surface area contributed by atoms with Gasteiger partial charge in [-0.3, -0.25) is 0 Å². The summed E-state index contributed by atoms with van der Waals surface area (Å²) in [6.07, 6.45) is 0. The number of hydrogen-bond donors (Lipinski definition) is 2. The van der Waals surface area contributed by atoms with E-state index in [0.29, 0.717) is 11.3 Å². The molecule has 0 heterocycles. The van der Waals surface area contributed by atoms with Crippen molar-refractivity contribution in [2.75, 3.05) is 7.11 Å². The minimum absolute atomic E-state index is 0.129. The molecular formula is C15H17NO4S. The van der Waals surface area contributed by atoms with Crippen molar-refractivity contribution in [2.24, 2.45) is 0 Å². The molecule has 5 nitrogen and oxygen atoms in total. The van der Waals surface area contributed by atoms with E-state index in [-0.39, 0.29) is 18.0 Å². The fourth-order valence-corrected chi connectivity index (χ4v) is 2.99. The van der Waals surface area contributed by atoms with Gasteiger partial charge in [-0.05, 0) is 23.8 Å². The van der Waals surface area contributed by atoms with E-state index in [1.165, 1.54) is 19.2 Å². The van der Waals surface area contributed by atoms with Gasteiger partial charge in [0.25, 0.3) is 0 Å². The lowest BCUT2D eigenvalue weighted by Crippen LogP contribution is -2.23. The third-order valence-corrected chi connectivity index (χ3v) is 4.44. The molecule has 0 saturated heterocycles. The molecule has 0 radical (unpaired) electrons. The molecule has 0 aliphatic heterocycles. The van der Waals surface area contributed by atoms with Gasteiger partial charge in [-0.2, -0.15) is 0 Å². The van der Waals surface area contributed by atoms with Crippen molar-refractivity contribution in [2.45, 2.75) is 18.0 Å². The van der Waals surface area contributed by atoms with Gasteiger partial charge in [-0.25, -0.2) is 13.1 Å². The van der Waals surface area contributed by atoms with Crippen molar-refractivity contribution >= 4 is 10.0 Å². The number of para-hydroxylation sites is 1. The van der Waals surface area contributed by atoms with E-state index in [1.807, 2.05) is 12.1 Å². The fourth-order valence-electron chi connectivity index (χ4n) is 1.92. The fraction of sp³-hybridized carbons (Fsp3) is 0.200. The predicted molar refractivity (Wildman–Crippen MR) is 79.4 cm³/mol. The SMILES string of the molecule is COc1ccccc1CNS(=O)(=O)c1cccc(CO)c1. The van der Waals surface area contributed by atoms with Crippen molar-refractivity contribution in [3.63, 3.8) is 0 Å². The van der Waals surface area contributed by atoms with Crippen LogP contribution < -0.4 is 9.46 Å². The summed E-state index contributed by atoms with van der Waals surface area (Å²) in [5.74, 6) is 0.629. The summed E-state index contributed by atoms with van der Waals surface area (Å²) in [6, 6.07) is 13.4. The first kappa shape index (κ1) is 15.5. The number of rotatable bonds is 6. The first-order valence-electron chi connectivity index (χ1n) is 6.38. The molecule has 6 heteroatoms. The van der Waals surface area contributed by atoms with E-state index in [0.717, 1.165) is 5.56 Å². The highest BCUT2D eigenvalue weighted by atomic mass is 32.2. The van der Waals surface area contributed by atoms with Gasteiger partial charge in [-0.15, -0.1) is 0 Å². The summed E-state index contributed by atoms with van der Waals surface area (Å²) >= 11 is 0. The summed E-state index contributed by atoms with van der Waals surface area (Å²) in [5.41, 5.74) is 1.30. The number of hydrogen-bond acceptors (Lipinski definition) is 4. The first-order chi connectivity index (χ1) is 10.1. The summed E-state index contributed by atoms with van der Waals surface area (Å²) in [5, 5.41) is 9.07. The molecule has 0 spiro atoms. The second-order valence-corrected chi connectivity index (χ2v) is 6.21. The highest BCUT2D eigenvalue weighted by molar-refractivity contribution is 7.89. The van der Waals surface area contributed by atoms with E-state index < -0.39 is 10.0 Å². The predicted octanol–water partition coefficient (Wildman–Crippen LogP) is 1.67. The number of aliphatic hydroxyl groups excluding tert-OH is 1. The van der Waals surface area contributed by atoms with Gasteiger partial charge >= 0.3 is 0 Å². The summed E-state index contributed by atoms with van der Waals surface area (Å²) in [6.45, 7) is -0.0639. The van der Waals surface area contributed by atoms with E-state index in [4.69, 9.17) is 9.84 Å². The highest BCUT2D eigenvalue weighted by Crippen LogP contribution is 2.18. The molecule has 0 unspecified atom stereocenters. The quantitative estimate of drug-likeness (QED) is 0.851. The van der Waals surface area contributed by atoms with E-state index in [2.05, 4.69) is 4.72 Å². The zero-order valence-corrected chi connectivity index (χ0v) is 12.4. The number of nitrogens with one attached hydrogen (secondary N) is 1. The van der Waals surface area contributed by atoms with Crippen molar-refractivity contribution in [3.8, 4) is 5.75 Å². The van der Waals surface area contributed by atoms with E-state index in [1.54, 1.807) is 24.3 Å². The number of methoxy groups -OCH3 is 1. The van der Waals surface area contributed by atoms with Crippen LogP contribution in [0.5, 0.6) is 5.75 Å². The van der Waals surface area contributed by atoms with Crippen LogP contribution in [0.2, 0.25) is 0 Å². The molecule has 0 aromatic heterocycles. The van der Waals surface area contributed by atoms with E-state index >= 15 is 0 Å². The van der Waals surface area contributed by atoms with Crippen molar-refractivity contribution in [3.05, 3.63) is 59.7 Å². The van der Waals surface area contributed by atoms with Crippen LogP contribution in [0.3, 0.4) is 0 Å². The second-order valence-electron chi connectivity index (χ2n) is 4.44. The highest BCUT2D eigenvalue weighted by Gasteiger charge is 2.15. The Morgan fingerprint density at radius 3 is 2.62 bits per heavy atom. The van der Waals surface area contributed by atoms with Gasteiger partial charge in [0, 0.05) is 12.1 Å². The van der Waals surface area contributed by atoms with Crippen LogP contribution in [0.15, 0.2) is 53.4 Å². The lowest BCUT2D eigenvalue weighted by Gasteiger charge is -2.10. The van der Waals surface area contributed by atoms with Crippen LogP contribution >= 0.6 is 0 Å². The molecule has 0 amide bonds. The van der Waals surface area contributed by atoms with Crippen LogP contribution in [0.4, 0.5) is 0 Å². The molecule has 0 saturated carbocycles. The standard InChI is InChI=1S/C15H17NO4S/c1-20-15-8-3-2-6-13(15)10-16-21(18,19)14-7-4-5-12(9-14)11-17/h2-9,16-17H,10-11H2,1H3. The van der Waals surface area contributed by atoms with Crippen LogP contribution in [-0.2, 0) is 23.2 Å². The number of aliphatic hydroxyl groups is 1. The van der Waals surface area contributed by atoms with Gasteiger partial charge in [0.15, 0.2) is 0 Å². The van der Waals surface area contributed by atoms with Crippen LogP contribution in [-0.4, -0.2) is 20.6 Å². The second kappa shape index (κ2) is 6.71. The Labute approximate surface area is 124 Å². The van der Waals surface area contributed by atoms with Crippen molar-refractivity contribution in [1.29, 1.82) is 0 Å². The molecule has 0 atom stereocenters. The van der Waals surface area contributed by atoms with Crippen LogP contribution in [0, 0.1) is 0 Å². The molecule has 2 rings (SSSR count). The Balaban J connectivity index is 2.18. The largest absolute Gasteiger partial charge is 0.496 e. The van der Waals surface area contributed by atoms with Gasteiger partial charge in [0.2, 0.25) is 10.0 Å². The Morgan fingerprint density at radius 1 is 1.14 bits per heavy atom. The minimum Gasteiger partial charge on any atom is -0.496 e. The normalized spacial score (nSPS) is 11.3. The molecule has 0 aliphatic rings. The van der Waals surface area contributed by atoms with Crippen molar-refractivity contribution < 1.29 is 18.3 Å². The Bertz CT molecular complexity index is 713. The lowest BCUT2D eigenvalue weighted by atomic mass is 10.2. The number of benzene rings is 2. The minimum atomic E-state index is -3.63. The molecule has 0 fully saturated rings. The molecule has 0 bridgehead atoms. The summed E-state index contributed by atoms with van der Waals surface area (Å²) in [7, 11) is -2.09. The number of ether oxygens (including phenoxy) is 1. The zero-order chi connectivity index (χ0) is 15.3. The molecule has 112 valence electrons. The molecular weight excluding hydrogens is 290 g/mol. The maximum atomic E-state index is 12.2. The third-order valence-electron chi connectivity index (χ3n) is 3.04. The monoisotopic (exact) mass is 307 g/mol. The lowest BCUT2D eigenvalue weighted by molar-refractivity contribution is 0.281. The average Bonchev–Trinajstić information content (AvgIpc) is 2.53. The smallest absolute Gasteiger partial charge is 0.240 e. The third kappa shape index (κ3) is 3.81.